The zero-order chi connectivity index (χ0) is 13.6. The number of aliphatic hydroxyl groups is 1. The average Bonchev–Trinajstić information content (AvgIpc) is 2.29. The zero-order valence-corrected chi connectivity index (χ0v) is 12.7. The van der Waals surface area contributed by atoms with E-state index in [1.54, 1.807) is 0 Å². The van der Waals surface area contributed by atoms with Crippen LogP contribution in [0.1, 0.15) is 46.5 Å². The summed E-state index contributed by atoms with van der Waals surface area (Å²) in [5.74, 6) is 0.891. The van der Waals surface area contributed by atoms with Gasteiger partial charge in [-0.1, -0.05) is 26.7 Å². The van der Waals surface area contributed by atoms with Crippen LogP contribution in [0.5, 0.6) is 0 Å². The lowest BCUT2D eigenvalue weighted by Gasteiger charge is -2.42. The molecular weight excluding hydrogens is 224 g/mol. The quantitative estimate of drug-likeness (QED) is 0.732. The molecule has 1 saturated carbocycles. The number of rotatable bonds is 7. The summed E-state index contributed by atoms with van der Waals surface area (Å²) in [6, 6.07) is 0. The van der Waals surface area contributed by atoms with Crippen LogP contribution in [-0.2, 0) is 0 Å². The molecule has 108 valence electrons. The van der Waals surface area contributed by atoms with Crippen molar-refractivity contribution in [3.63, 3.8) is 0 Å². The van der Waals surface area contributed by atoms with Crippen LogP contribution >= 0.6 is 0 Å². The molecule has 0 aliphatic heterocycles. The molecule has 1 fully saturated rings. The molecule has 1 atom stereocenters. The standard InChI is InChI=1S/C15H32N2O/c1-5-16-11-15(8-6-13(2)7-9-15)12-17(4)10-14(3)18/h13-14,16,18H,5-12H2,1-4H3. The van der Waals surface area contributed by atoms with Gasteiger partial charge in [-0.2, -0.15) is 0 Å². The summed E-state index contributed by atoms with van der Waals surface area (Å²) >= 11 is 0. The summed E-state index contributed by atoms with van der Waals surface area (Å²) < 4.78 is 0. The summed E-state index contributed by atoms with van der Waals surface area (Å²) in [6.45, 7) is 10.5. The lowest BCUT2D eigenvalue weighted by atomic mass is 9.70. The van der Waals surface area contributed by atoms with Gasteiger partial charge in [0, 0.05) is 19.6 Å². The first-order valence-electron chi connectivity index (χ1n) is 7.55. The Kier molecular flexibility index (Phi) is 6.61. The molecule has 0 aromatic heterocycles. The van der Waals surface area contributed by atoms with Crippen LogP contribution in [0.25, 0.3) is 0 Å². The van der Waals surface area contributed by atoms with E-state index in [0.29, 0.717) is 5.41 Å². The van der Waals surface area contributed by atoms with Gasteiger partial charge in [0.1, 0.15) is 0 Å². The van der Waals surface area contributed by atoms with E-state index in [2.05, 4.69) is 31.1 Å². The predicted molar refractivity (Wildman–Crippen MR) is 77.8 cm³/mol. The SMILES string of the molecule is CCNCC1(CN(C)CC(C)O)CCC(C)CC1. The Morgan fingerprint density at radius 2 is 2.00 bits per heavy atom. The number of nitrogens with zero attached hydrogens (tertiary/aromatic N) is 1. The van der Waals surface area contributed by atoms with Crippen molar-refractivity contribution in [3.8, 4) is 0 Å². The lowest BCUT2D eigenvalue weighted by Crippen LogP contribution is -2.46. The fraction of sp³-hybridized carbons (Fsp3) is 1.00. The number of aliphatic hydroxyl groups excluding tert-OH is 1. The van der Waals surface area contributed by atoms with E-state index in [4.69, 9.17) is 0 Å². The predicted octanol–water partition coefficient (Wildman–Crippen LogP) is 2.10. The van der Waals surface area contributed by atoms with Crippen LogP contribution < -0.4 is 5.32 Å². The molecule has 0 radical (unpaired) electrons. The van der Waals surface area contributed by atoms with Crippen molar-refractivity contribution in [1.82, 2.24) is 10.2 Å². The van der Waals surface area contributed by atoms with Gasteiger partial charge in [-0.15, -0.1) is 0 Å². The minimum atomic E-state index is -0.228. The Labute approximate surface area is 113 Å². The van der Waals surface area contributed by atoms with Crippen molar-refractivity contribution in [2.75, 3.05) is 33.2 Å². The third kappa shape index (κ3) is 5.25. The van der Waals surface area contributed by atoms with Gasteiger partial charge in [0.2, 0.25) is 0 Å². The van der Waals surface area contributed by atoms with E-state index in [-0.39, 0.29) is 6.10 Å². The number of hydrogen-bond acceptors (Lipinski definition) is 3. The summed E-state index contributed by atoms with van der Waals surface area (Å²) in [7, 11) is 2.14. The molecule has 1 unspecified atom stereocenters. The van der Waals surface area contributed by atoms with E-state index < -0.39 is 0 Å². The Morgan fingerprint density at radius 3 is 2.50 bits per heavy atom. The van der Waals surface area contributed by atoms with Gasteiger partial charge < -0.3 is 15.3 Å². The first kappa shape index (κ1) is 15.9. The molecule has 0 aromatic carbocycles. The third-order valence-electron chi connectivity index (χ3n) is 4.27. The fourth-order valence-corrected chi connectivity index (χ4v) is 3.24. The van der Waals surface area contributed by atoms with Crippen LogP contribution in [0.3, 0.4) is 0 Å². The van der Waals surface area contributed by atoms with Crippen LogP contribution in [0.15, 0.2) is 0 Å². The van der Waals surface area contributed by atoms with E-state index in [0.717, 1.165) is 32.1 Å². The molecule has 0 saturated heterocycles. The fourth-order valence-electron chi connectivity index (χ4n) is 3.24. The third-order valence-corrected chi connectivity index (χ3v) is 4.27. The first-order valence-corrected chi connectivity index (χ1v) is 7.55. The van der Waals surface area contributed by atoms with Crippen molar-refractivity contribution in [2.24, 2.45) is 11.3 Å². The molecule has 18 heavy (non-hydrogen) atoms. The van der Waals surface area contributed by atoms with Crippen molar-refractivity contribution in [1.29, 1.82) is 0 Å². The molecule has 0 spiro atoms. The first-order chi connectivity index (χ1) is 8.47. The molecule has 0 amide bonds. The molecular formula is C15H32N2O. The Hall–Kier alpha value is -0.120. The van der Waals surface area contributed by atoms with E-state index in [1.165, 1.54) is 25.7 Å². The molecule has 0 heterocycles. The minimum absolute atomic E-state index is 0.228. The highest BCUT2D eigenvalue weighted by Gasteiger charge is 2.34. The Morgan fingerprint density at radius 1 is 1.39 bits per heavy atom. The van der Waals surface area contributed by atoms with E-state index >= 15 is 0 Å². The largest absolute Gasteiger partial charge is 0.392 e. The van der Waals surface area contributed by atoms with E-state index in [1.807, 2.05) is 6.92 Å². The van der Waals surface area contributed by atoms with Gasteiger partial charge in [0.05, 0.1) is 6.10 Å². The molecule has 2 N–H and O–H groups in total. The van der Waals surface area contributed by atoms with E-state index in [9.17, 15) is 5.11 Å². The highest BCUT2D eigenvalue weighted by molar-refractivity contribution is 4.89. The van der Waals surface area contributed by atoms with Gasteiger partial charge in [-0.05, 0) is 44.7 Å². The van der Waals surface area contributed by atoms with Gasteiger partial charge in [0.15, 0.2) is 0 Å². The molecule has 3 heteroatoms. The molecule has 1 aliphatic rings. The monoisotopic (exact) mass is 256 g/mol. The number of hydrogen-bond donors (Lipinski definition) is 2. The van der Waals surface area contributed by atoms with Gasteiger partial charge in [0.25, 0.3) is 0 Å². The second-order valence-corrected chi connectivity index (χ2v) is 6.51. The van der Waals surface area contributed by atoms with Crippen LogP contribution in [0, 0.1) is 11.3 Å². The average molecular weight is 256 g/mol. The minimum Gasteiger partial charge on any atom is -0.392 e. The highest BCUT2D eigenvalue weighted by Crippen LogP contribution is 2.39. The maximum Gasteiger partial charge on any atom is 0.0638 e. The number of likely N-dealkylation sites (N-methyl/N-ethyl adjacent to an activating group) is 1. The molecule has 0 bridgehead atoms. The second-order valence-electron chi connectivity index (χ2n) is 6.51. The maximum absolute atomic E-state index is 9.50. The summed E-state index contributed by atoms with van der Waals surface area (Å²) in [4.78, 5) is 2.30. The molecule has 1 rings (SSSR count). The number of nitrogens with one attached hydrogen (secondary N) is 1. The lowest BCUT2D eigenvalue weighted by molar-refractivity contribution is 0.0715. The highest BCUT2D eigenvalue weighted by atomic mass is 16.3. The van der Waals surface area contributed by atoms with Crippen molar-refractivity contribution in [3.05, 3.63) is 0 Å². The topological polar surface area (TPSA) is 35.5 Å². The summed E-state index contributed by atoms with van der Waals surface area (Å²) in [5, 5.41) is 13.0. The molecule has 0 aromatic rings. The second kappa shape index (κ2) is 7.46. The Bertz CT molecular complexity index is 217. The Balaban J connectivity index is 2.54. The van der Waals surface area contributed by atoms with Crippen molar-refractivity contribution in [2.45, 2.75) is 52.6 Å². The van der Waals surface area contributed by atoms with Crippen molar-refractivity contribution >= 4 is 0 Å². The molecule has 1 aliphatic carbocycles. The maximum atomic E-state index is 9.50. The van der Waals surface area contributed by atoms with Crippen molar-refractivity contribution < 1.29 is 5.11 Å². The normalized spacial score (nSPS) is 30.7. The van der Waals surface area contributed by atoms with Gasteiger partial charge in [-0.25, -0.2) is 0 Å². The van der Waals surface area contributed by atoms with Crippen LogP contribution in [-0.4, -0.2) is 49.3 Å². The zero-order valence-electron chi connectivity index (χ0n) is 12.7. The van der Waals surface area contributed by atoms with Crippen LogP contribution in [0.4, 0.5) is 0 Å². The summed E-state index contributed by atoms with van der Waals surface area (Å²) in [5.41, 5.74) is 0.423. The smallest absolute Gasteiger partial charge is 0.0638 e. The summed E-state index contributed by atoms with van der Waals surface area (Å²) in [6.07, 6.45) is 5.13. The van der Waals surface area contributed by atoms with Gasteiger partial charge in [-0.3, -0.25) is 0 Å². The van der Waals surface area contributed by atoms with Crippen LogP contribution in [0.2, 0.25) is 0 Å². The molecule has 3 nitrogen and oxygen atoms in total. The van der Waals surface area contributed by atoms with Gasteiger partial charge >= 0.3 is 0 Å².